The van der Waals surface area contributed by atoms with Gasteiger partial charge in [-0.05, 0) is 47.4 Å². The number of nitrogens with one attached hydrogen (secondary N) is 2. The van der Waals surface area contributed by atoms with Gasteiger partial charge in [0.1, 0.15) is 10.7 Å². The number of carbonyl (C=O) groups is 1. The van der Waals surface area contributed by atoms with E-state index in [-0.39, 0.29) is 18.3 Å². The van der Waals surface area contributed by atoms with Gasteiger partial charge in [0.2, 0.25) is 11.9 Å². The summed E-state index contributed by atoms with van der Waals surface area (Å²) in [7, 11) is 0. The maximum Gasteiger partial charge on any atom is 0.249 e. The van der Waals surface area contributed by atoms with E-state index in [2.05, 4.69) is 94.1 Å². The van der Waals surface area contributed by atoms with Gasteiger partial charge in [0.25, 0.3) is 0 Å². The molecule has 0 saturated carbocycles. The Bertz CT molecular complexity index is 1760. The van der Waals surface area contributed by atoms with Crippen molar-refractivity contribution in [3.05, 3.63) is 131 Å². The van der Waals surface area contributed by atoms with Crippen molar-refractivity contribution in [3.8, 4) is 11.5 Å². The third-order valence-electron chi connectivity index (χ3n) is 6.80. The van der Waals surface area contributed by atoms with E-state index in [1.54, 1.807) is 35.5 Å². The summed E-state index contributed by atoms with van der Waals surface area (Å²) >= 11 is 3.29. The number of H-pyrrole nitrogens is 1. The number of hydrogen-bond acceptors (Lipinski definition) is 10. The second-order valence-electron chi connectivity index (χ2n) is 10.3. The maximum atomic E-state index is 12.5. The molecule has 12 heteroatoms. The van der Waals surface area contributed by atoms with Crippen LogP contribution < -0.4 is 5.32 Å². The van der Waals surface area contributed by atoms with Crippen LogP contribution in [-0.4, -0.2) is 46.2 Å². The topological polar surface area (TPSA) is 125 Å². The number of hydrogen-bond donors (Lipinski definition) is 2. The van der Waals surface area contributed by atoms with Crippen LogP contribution in [0.1, 0.15) is 33.8 Å². The molecule has 10 nitrogen and oxygen atoms in total. The molecule has 2 aromatic carbocycles. The predicted octanol–water partition coefficient (Wildman–Crippen LogP) is 6.18. The maximum absolute atomic E-state index is 12.5. The van der Waals surface area contributed by atoms with Crippen LogP contribution in [0.5, 0.6) is 0 Å². The van der Waals surface area contributed by atoms with Crippen molar-refractivity contribution in [1.29, 1.82) is 0 Å². The average Bonchev–Trinajstić information content (AvgIpc) is 3.74. The molecule has 2 N–H and O–H groups in total. The van der Waals surface area contributed by atoms with E-state index in [4.69, 9.17) is 0 Å². The Hall–Kier alpha value is -4.78. The van der Waals surface area contributed by atoms with Gasteiger partial charge < -0.3 is 0 Å². The van der Waals surface area contributed by atoms with Crippen LogP contribution in [0.15, 0.2) is 108 Å². The standard InChI is InChI=1S/C33H31N9OS2/c43-29(36-32-37-31(39-40-32)28-13-7-8-17-35-28)15-14-27-19-26(16-18-34-27)23-44-33-41-38-30(45-33)22-42(20-24-9-3-1-4-10-24)21-25-11-5-2-6-12-25/h1-13,16-19H,14-15,20-23H2,(H2,36,37,39,40,43). The molecule has 6 aromatic rings. The fourth-order valence-electron chi connectivity index (χ4n) is 4.67. The summed E-state index contributed by atoms with van der Waals surface area (Å²) in [5.41, 5.74) is 5.16. The van der Waals surface area contributed by atoms with Crippen molar-refractivity contribution in [2.75, 3.05) is 5.32 Å². The van der Waals surface area contributed by atoms with Crippen LogP contribution in [0.3, 0.4) is 0 Å². The molecule has 0 unspecified atom stereocenters. The molecule has 6 rings (SSSR count). The number of nitrogens with zero attached hydrogens (tertiary/aromatic N) is 7. The van der Waals surface area contributed by atoms with Gasteiger partial charge in [0.15, 0.2) is 10.2 Å². The number of aromatic nitrogens is 7. The number of aromatic amines is 1. The Kier molecular flexibility index (Phi) is 10.3. The van der Waals surface area contributed by atoms with Crippen molar-refractivity contribution in [3.63, 3.8) is 0 Å². The minimum Gasteiger partial charge on any atom is -0.293 e. The van der Waals surface area contributed by atoms with E-state index in [0.29, 0.717) is 17.9 Å². The Labute approximate surface area is 269 Å². The monoisotopic (exact) mass is 633 g/mol. The lowest BCUT2D eigenvalue weighted by molar-refractivity contribution is -0.116. The number of aryl methyl sites for hydroxylation is 1. The number of benzene rings is 2. The lowest BCUT2D eigenvalue weighted by Gasteiger charge is -2.21. The molecule has 4 aromatic heterocycles. The van der Waals surface area contributed by atoms with E-state index in [0.717, 1.165) is 46.0 Å². The Morgan fingerprint density at radius 2 is 1.58 bits per heavy atom. The lowest BCUT2D eigenvalue weighted by Crippen LogP contribution is -2.22. The van der Waals surface area contributed by atoms with Gasteiger partial charge in [0, 0.05) is 43.4 Å². The van der Waals surface area contributed by atoms with E-state index in [1.165, 1.54) is 11.1 Å². The van der Waals surface area contributed by atoms with Crippen LogP contribution in [0.4, 0.5) is 5.95 Å². The molecule has 4 heterocycles. The summed E-state index contributed by atoms with van der Waals surface area (Å²) in [6, 6.07) is 30.6. The molecular formula is C33H31N9OS2. The lowest BCUT2D eigenvalue weighted by atomic mass is 10.1. The second kappa shape index (κ2) is 15.3. The fraction of sp³-hybridized carbons (Fsp3) is 0.182. The molecule has 45 heavy (non-hydrogen) atoms. The fourth-order valence-corrected chi connectivity index (χ4v) is 6.55. The SMILES string of the molecule is O=C(CCc1cc(CSc2nnc(CN(Cc3ccccc3)Cc3ccccc3)s2)ccn1)Nc1n[nH]c(-c2ccccn2)n1. The zero-order valence-corrected chi connectivity index (χ0v) is 26.0. The summed E-state index contributed by atoms with van der Waals surface area (Å²) in [4.78, 5) is 27.9. The minimum atomic E-state index is -0.182. The van der Waals surface area contributed by atoms with E-state index >= 15 is 0 Å². The molecule has 0 fully saturated rings. The van der Waals surface area contributed by atoms with Crippen molar-refractivity contribution in [2.45, 2.75) is 42.6 Å². The quantitative estimate of drug-likeness (QED) is 0.135. The van der Waals surface area contributed by atoms with Gasteiger partial charge >= 0.3 is 0 Å². The van der Waals surface area contributed by atoms with Crippen LogP contribution in [-0.2, 0) is 36.6 Å². The molecule has 0 saturated heterocycles. The van der Waals surface area contributed by atoms with Gasteiger partial charge in [-0.2, -0.15) is 4.98 Å². The van der Waals surface area contributed by atoms with Gasteiger partial charge in [-0.25, -0.2) is 0 Å². The van der Waals surface area contributed by atoms with Crippen molar-refractivity contribution < 1.29 is 4.79 Å². The third kappa shape index (κ3) is 9.11. The summed E-state index contributed by atoms with van der Waals surface area (Å²) < 4.78 is 0.929. The molecule has 0 aliphatic carbocycles. The van der Waals surface area contributed by atoms with Gasteiger partial charge in [0.05, 0.1) is 6.54 Å². The van der Waals surface area contributed by atoms with Gasteiger partial charge in [-0.15, -0.1) is 15.3 Å². The first kappa shape index (κ1) is 30.3. The predicted molar refractivity (Wildman–Crippen MR) is 176 cm³/mol. The zero-order valence-electron chi connectivity index (χ0n) is 24.4. The summed E-state index contributed by atoms with van der Waals surface area (Å²) in [5.74, 6) is 1.27. The molecule has 0 aliphatic rings. The first-order valence-corrected chi connectivity index (χ1v) is 16.3. The zero-order chi connectivity index (χ0) is 30.7. The number of thioether (sulfide) groups is 1. The Morgan fingerprint density at radius 3 is 2.31 bits per heavy atom. The molecular weight excluding hydrogens is 603 g/mol. The molecule has 0 radical (unpaired) electrons. The highest BCUT2D eigenvalue weighted by atomic mass is 32.2. The van der Waals surface area contributed by atoms with Crippen LogP contribution in [0.2, 0.25) is 0 Å². The highest BCUT2D eigenvalue weighted by Crippen LogP contribution is 2.27. The molecule has 0 bridgehead atoms. The summed E-state index contributed by atoms with van der Waals surface area (Å²) in [5, 5.41) is 19.6. The summed E-state index contributed by atoms with van der Waals surface area (Å²) in [6.07, 6.45) is 4.23. The van der Waals surface area contributed by atoms with Gasteiger partial charge in [-0.3, -0.25) is 30.1 Å². The highest BCUT2D eigenvalue weighted by molar-refractivity contribution is 8.00. The van der Waals surface area contributed by atoms with Gasteiger partial charge in [-0.1, -0.05) is 89.8 Å². The van der Waals surface area contributed by atoms with Crippen LogP contribution >= 0.6 is 23.1 Å². The van der Waals surface area contributed by atoms with Crippen molar-refractivity contribution in [2.24, 2.45) is 0 Å². The minimum absolute atomic E-state index is 0.182. The third-order valence-corrected chi connectivity index (χ3v) is 8.91. The first-order chi connectivity index (χ1) is 22.2. The normalized spacial score (nSPS) is 11.1. The highest BCUT2D eigenvalue weighted by Gasteiger charge is 2.14. The molecule has 0 aliphatic heterocycles. The van der Waals surface area contributed by atoms with E-state index < -0.39 is 0 Å². The van der Waals surface area contributed by atoms with Crippen molar-refractivity contribution in [1.82, 2.24) is 40.2 Å². The second-order valence-corrected chi connectivity index (χ2v) is 12.6. The number of carbonyl (C=O) groups excluding carboxylic acids is 1. The molecule has 0 atom stereocenters. The van der Waals surface area contributed by atoms with Crippen LogP contribution in [0, 0.1) is 0 Å². The van der Waals surface area contributed by atoms with Crippen LogP contribution in [0.25, 0.3) is 11.5 Å². The smallest absolute Gasteiger partial charge is 0.249 e. The largest absolute Gasteiger partial charge is 0.293 e. The van der Waals surface area contributed by atoms with E-state index in [1.807, 2.05) is 42.5 Å². The Morgan fingerprint density at radius 1 is 0.822 bits per heavy atom. The molecule has 226 valence electrons. The van der Waals surface area contributed by atoms with E-state index in [9.17, 15) is 4.79 Å². The molecule has 0 spiro atoms. The number of rotatable bonds is 14. The summed E-state index contributed by atoms with van der Waals surface area (Å²) in [6.45, 7) is 2.39. The van der Waals surface area contributed by atoms with Crippen molar-refractivity contribution >= 4 is 35.0 Å². The number of pyridine rings is 2. The molecule has 1 amide bonds. The number of anilines is 1. The first-order valence-electron chi connectivity index (χ1n) is 14.5. The Balaban J connectivity index is 0.996. The average molecular weight is 634 g/mol. The number of amides is 1.